The third-order valence-electron chi connectivity index (χ3n) is 12.8. The van der Waals surface area contributed by atoms with Crippen LogP contribution in [-0.2, 0) is 9.59 Å². The van der Waals surface area contributed by atoms with Gasteiger partial charge in [-0.25, -0.2) is 4.39 Å². The molecule has 2 aromatic heterocycles. The van der Waals surface area contributed by atoms with Gasteiger partial charge in [0.15, 0.2) is 5.75 Å². The second-order valence-corrected chi connectivity index (χ2v) is 16.7. The number of rotatable bonds is 11. The minimum atomic E-state index is -0.525. The number of fused-ring (bicyclic) bond motifs is 2. The number of nitrogens with one attached hydrogen (secondary N) is 2. The largest absolute Gasteiger partial charge is 0.490 e. The number of anilines is 1. The van der Waals surface area contributed by atoms with Crippen molar-refractivity contribution in [1.29, 1.82) is 5.26 Å². The Morgan fingerprint density at radius 1 is 0.933 bits per heavy atom. The first-order chi connectivity index (χ1) is 29.3. The van der Waals surface area contributed by atoms with E-state index in [1.165, 1.54) is 6.07 Å². The van der Waals surface area contributed by atoms with Crippen molar-refractivity contribution in [3.63, 3.8) is 0 Å². The monoisotopic (exact) mass is 813 g/mol. The zero-order chi connectivity index (χ0) is 41.2. The Kier molecular flexibility index (Phi) is 11.3. The molecule has 0 bridgehead atoms. The number of benzene rings is 3. The third-order valence-corrected chi connectivity index (χ3v) is 12.8. The van der Waals surface area contributed by atoms with E-state index in [1.807, 2.05) is 42.5 Å². The van der Waals surface area contributed by atoms with Crippen LogP contribution >= 0.6 is 0 Å². The number of carbonyl (C=O) groups is 3. The van der Waals surface area contributed by atoms with Crippen LogP contribution in [0.15, 0.2) is 71.4 Å². The molecule has 3 aliphatic heterocycles. The Labute approximate surface area is 347 Å². The molecule has 1 unspecified atom stereocenters. The lowest BCUT2D eigenvalue weighted by Gasteiger charge is -2.35. The van der Waals surface area contributed by atoms with Gasteiger partial charge in [0, 0.05) is 67.2 Å². The van der Waals surface area contributed by atoms with Gasteiger partial charge >= 0.3 is 0 Å². The average Bonchev–Trinajstić information content (AvgIpc) is 3.91. The lowest BCUT2D eigenvalue weighted by molar-refractivity contribution is -0.134. The summed E-state index contributed by atoms with van der Waals surface area (Å²) in [5.74, 6) is 0.186. The molecule has 3 amide bonds. The number of aromatic nitrogens is 2. The van der Waals surface area contributed by atoms with E-state index in [0.717, 1.165) is 94.1 Å². The summed E-state index contributed by atoms with van der Waals surface area (Å²) in [6.07, 6.45) is 8.31. The van der Waals surface area contributed by atoms with Gasteiger partial charge in [-0.1, -0.05) is 11.2 Å². The zero-order valence-corrected chi connectivity index (χ0v) is 33.4. The number of carbonyl (C=O) groups excluding carboxylic acids is 3. The molecule has 14 heteroatoms. The number of hydrogen-bond acceptors (Lipinski definition) is 11. The van der Waals surface area contributed by atoms with Gasteiger partial charge in [0.25, 0.3) is 5.91 Å². The zero-order valence-electron chi connectivity index (χ0n) is 33.4. The second kappa shape index (κ2) is 17.3. The van der Waals surface area contributed by atoms with Crippen molar-refractivity contribution in [1.82, 2.24) is 25.7 Å². The first kappa shape index (κ1) is 39.4. The molecule has 4 fully saturated rings. The lowest BCUT2D eigenvalue weighted by Crippen LogP contribution is -2.40. The number of piperidine rings is 2. The second-order valence-electron chi connectivity index (χ2n) is 16.7. The predicted octanol–water partition coefficient (Wildman–Crippen LogP) is 6.64. The maximum atomic E-state index is 15.4. The summed E-state index contributed by atoms with van der Waals surface area (Å²) < 4.78 is 33.7. The van der Waals surface area contributed by atoms with E-state index < -0.39 is 17.6 Å². The van der Waals surface area contributed by atoms with Crippen molar-refractivity contribution < 1.29 is 32.8 Å². The lowest BCUT2D eigenvalue weighted by atomic mass is 9.92. The Bertz CT molecular complexity index is 2450. The van der Waals surface area contributed by atoms with Crippen LogP contribution in [-0.4, -0.2) is 84.2 Å². The molecule has 0 spiro atoms. The van der Waals surface area contributed by atoms with Crippen LogP contribution in [0.3, 0.4) is 0 Å². The fourth-order valence-electron chi connectivity index (χ4n) is 9.43. The summed E-state index contributed by atoms with van der Waals surface area (Å²) in [5.41, 5.74) is 3.05. The number of imide groups is 1. The van der Waals surface area contributed by atoms with Crippen LogP contribution in [0, 0.1) is 29.0 Å². The number of amides is 3. The minimum absolute atomic E-state index is 0.0270. The number of hydrogen-bond donors (Lipinski definition) is 2. The quantitative estimate of drug-likeness (QED) is 0.138. The summed E-state index contributed by atoms with van der Waals surface area (Å²) >= 11 is 0. The molecule has 3 saturated heterocycles. The molecule has 0 radical (unpaired) electrons. The summed E-state index contributed by atoms with van der Waals surface area (Å²) in [5, 5.41) is 20.6. The summed E-state index contributed by atoms with van der Waals surface area (Å²) in [6, 6.07) is 20.0. The van der Waals surface area contributed by atoms with Gasteiger partial charge in [-0.05, 0) is 118 Å². The molecule has 1 aliphatic carbocycles. The van der Waals surface area contributed by atoms with E-state index in [9.17, 15) is 19.6 Å². The Morgan fingerprint density at radius 3 is 2.55 bits per heavy atom. The van der Waals surface area contributed by atoms with E-state index in [4.69, 9.17) is 14.0 Å². The molecule has 2 atom stereocenters. The Morgan fingerprint density at radius 2 is 1.75 bits per heavy atom. The topological polar surface area (TPSA) is 163 Å². The highest BCUT2D eigenvalue weighted by atomic mass is 19.1. The van der Waals surface area contributed by atoms with Crippen molar-refractivity contribution in [3.8, 4) is 17.6 Å². The van der Waals surface area contributed by atoms with Crippen molar-refractivity contribution in [2.24, 2.45) is 11.8 Å². The van der Waals surface area contributed by atoms with Crippen LogP contribution in [0.5, 0.6) is 11.5 Å². The van der Waals surface area contributed by atoms with Gasteiger partial charge in [-0.2, -0.15) is 5.26 Å². The summed E-state index contributed by atoms with van der Waals surface area (Å²) in [4.78, 5) is 46.4. The smallest absolute Gasteiger partial charge is 0.254 e. The first-order valence-electron chi connectivity index (χ1n) is 21.2. The fraction of sp³-hybridized carbons (Fsp3) is 0.435. The molecule has 310 valence electrons. The van der Waals surface area contributed by atoms with Crippen LogP contribution in [0.25, 0.3) is 21.9 Å². The molecule has 4 aliphatic rings. The normalized spacial score (nSPS) is 22.8. The molecule has 9 rings (SSSR count). The predicted molar refractivity (Wildman–Crippen MR) is 221 cm³/mol. The Balaban J connectivity index is 0.707. The van der Waals surface area contributed by atoms with Crippen molar-refractivity contribution in [3.05, 3.63) is 89.5 Å². The van der Waals surface area contributed by atoms with Gasteiger partial charge in [-0.15, -0.1) is 0 Å². The highest BCUT2D eigenvalue weighted by Crippen LogP contribution is 2.36. The highest BCUT2D eigenvalue weighted by Gasteiger charge is 2.33. The standard InChI is InChI=1S/C46H48FN7O6/c47-38-23-32(9-12-34(38)45(56)50-31-7-10-33(11-8-31)59-39-14-6-30(24-48)42-35(39)4-2-19-49-42)54-21-17-28(18-22-54)25-53-20-16-29(26-53)27-58-40-5-1-3-36-43(52-60-44(36)40)37-13-15-41(55)51-46(37)57/h1-6,9,12,14,19,23,28-29,31,33,37H,7-8,10-11,13,15-18,20-22,25-27H2,(H,50,56)(H,51,55,57)/t29-,31?,33?,37?/m1/s1. The number of para-hydroxylation sites is 1. The highest BCUT2D eigenvalue weighted by molar-refractivity contribution is 6.02. The van der Waals surface area contributed by atoms with Gasteiger partial charge < -0.3 is 29.1 Å². The van der Waals surface area contributed by atoms with Crippen LogP contribution in [0.4, 0.5) is 10.1 Å². The van der Waals surface area contributed by atoms with E-state index in [2.05, 4.69) is 36.6 Å². The number of ether oxygens (including phenoxy) is 2. The first-order valence-corrected chi connectivity index (χ1v) is 21.2. The van der Waals surface area contributed by atoms with Gasteiger partial charge in [0.1, 0.15) is 23.3 Å². The molecule has 3 aromatic carbocycles. The maximum Gasteiger partial charge on any atom is 0.254 e. The number of nitriles is 1. The molecule has 2 N–H and O–H groups in total. The van der Waals surface area contributed by atoms with E-state index in [-0.39, 0.29) is 35.9 Å². The molecule has 5 aromatic rings. The number of likely N-dealkylation sites (tertiary alicyclic amines) is 1. The fourth-order valence-corrected chi connectivity index (χ4v) is 9.43. The average molecular weight is 814 g/mol. The molecular formula is C46H48FN7O6. The third kappa shape index (κ3) is 8.36. The molecule has 1 saturated carbocycles. The Hall–Kier alpha value is -6.07. The van der Waals surface area contributed by atoms with E-state index >= 15 is 4.39 Å². The SMILES string of the molecule is N#Cc1ccc(OC2CCC(NC(=O)c3ccc(N4CCC(CN5CC[C@@H](COc6cccc7c(C8CCC(=O)NC8=O)noc67)C5)CC4)cc3F)CC2)c2cccnc12. The van der Waals surface area contributed by atoms with Crippen molar-refractivity contribution >= 4 is 45.3 Å². The number of pyridine rings is 1. The van der Waals surface area contributed by atoms with E-state index in [0.29, 0.717) is 58.7 Å². The van der Waals surface area contributed by atoms with Crippen LogP contribution in [0.1, 0.15) is 85.3 Å². The molecular weight excluding hydrogens is 766 g/mol. The molecule has 60 heavy (non-hydrogen) atoms. The molecule has 5 heterocycles. The minimum Gasteiger partial charge on any atom is -0.490 e. The number of halogens is 1. The molecule has 13 nitrogen and oxygen atoms in total. The van der Waals surface area contributed by atoms with Gasteiger partial charge in [-0.3, -0.25) is 24.7 Å². The summed E-state index contributed by atoms with van der Waals surface area (Å²) in [7, 11) is 0. The van der Waals surface area contributed by atoms with Crippen molar-refractivity contribution in [2.45, 2.75) is 75.9 Å². The number of nitrogens with zero attached hydrogens (tertiary/aromatic N) is 5. The van der Waals surface area contributed by atoms with Gasteiger partial charge in [0.05, 0.1) is 35.3 Å². The van der Waals surface area contributed by atoms with Crippen LogP contribution in [0.2, 0.25) is 0 Å². The van der Waals surface area contributed by atoms with Crippen LogP contribution < -0.4 is 25.0 Å². The maximum absolute atomic E-state index is 15.4. The van der Waals surface area contributed by atoms with Gasteiger partial charge in [0.2, 0.25) is 17.4 Å². The van der Waals surface area contributed by atoms with E-state index in [1.54, 1.807) is 18.3 Å². The van der Waals surface area contributed by atoms with Crippen molar-refractivity contribution in [2.75, 3.05) is 44.2 Å². The summed E-state index contributed by atoms with van der Waals surface area (Å²) in [6.45, 7) is 5.19.